The minimum absolute atomic E-state index is 0.153. The number of nitriles is 1. The molecule has 2 nitrogen and oxygen atoms in total. The average molecular weight is 136 g/mol. The van der Waals surface area contributed by atoms with E-state index in [0.717, 1.165) is 0 Å². The number of aryl methyl sites for hydroxylation is 1. The first kappa shape index (κ1) is 6.69. The van der Waals surface area contributed by atoms with Gasteiger partial charge in [0.25, 0.3) is 0 Å². The Kier molecular flexibility index (Phi) is 1.63. The summed E-state index contributed by atoms with van der Waals surface area (Å²) in [5.41, 5.74) is 0.851. The molecule has 0 saturated heterocycles. The van der Waals surface area contributed by atoms with Crippen LogP contribution < -0.4 is 0 Å². The Bertz CT molecular complexity index is 288. The Hall–Kier alpha value is -1.43. The van der Waals surface area contributed by atoms with E-state index in [1.54, 1.807) is 13.0 Å². The first-order chi connectivity index (χ1) is 4.74. The van der Waals surface area contributed by atoms with Crippen molar-refractivity contribution in [3.8, 4) is 6.07 Å². The molecule has 0 aliphatic heterocycles. The Balaban J connectivity index is 3.25. The molecular formula is C7H5FN2. The zero-order chi connectivity index (χ0) is 7.56. The van der Waals surface area contributed by atoms with Gasteiger partial charge in [0.05, 0.1) is 0 Å². The van der Waals surface area contributed by atoms with Crippen LogP contribution in [0.4, 0.5) is 4.39 Å². The van der Waals surface area contributed by atoms with Gasteiger partial charge in [-0.3, -0.25) is 0 Å². The summed E-state index contributed by atoms with van der Waals surface area (Å²) in [5, 5.41) is 8.36. The molecule has 1 rings (SSSR count). The van der Waals surface area contributed by atoms with Gasteiger partial charge in [0.1, 0.15) is 11.8 Å². The van der Waals surface area contributed by atoms with Crippen LogP contribution in [0.2, 0.25) is 0 Å². The standard InChI is InChI=1S/C7H5FN2/c1-5-2-3-7(8)10-6(5)4-9/h2-3H,1H3. The highest BCUT2D eigenvalue weighted by atomic mass is 19.1. The number of rotatable bonds is 0. The fourth-order valence-electron chi connectivity index (χ4n) is 0.618. The fraction of sp³-hybridized carbons (Fsp3) is 0.143. The van der Waals surface area contributed by atoms with Gasteiger partial charge in [-0.2, -0.15) is 9.65 Å². The number of hydrogen-bond acceptors (Lipinski definition) is 2. The van der Waals surface area contributed by atoms with Gasteiger partial charge < -0.3 is 0 Å². The molecule has 0 spiro atoms. The smallest absolute Gasteiger partial charge is 0.209 e. The first-order valence-corrected chi connectivity index (χ1v) is 2.77. The van der Waals surface area contributed by atoms with E-state index in [9.17, 15) is 4.39 Å². The largest absolute Gasteiger partial charge is 0.214 e. The zero-order valence-corrected chi connectivity index (χ0v) is 5.43. The third-order valence-electron chi connectivity index (χ3n) is 1.17. The van der Waals surface area contributed by atoms with Gasteiger partial charge in [0.2, 0.25) is 5.95 Å². The van der Waals surface area contributed by atoms with Crippen LogP contribution in [-0.2, 0) is 0 Å². The van der Waals surface area contributed by atoms with Crippen LogP contribution in [0.1, 0.15) is 11.3 Å². The molecule has 1 aromatic heterocycles. The van der Waals surface area contributed by atoms with Crippen LogP contribution in [-0.4, -0.2) is 4.98 Å². The second-order valence-electron chi connectivity index (χ2n) is 1.91. The summed E-state index contributed by atoms with van der Waals surface area (Å²) in [6.07, 6.45) is 0. The lowest BCUT2D eigenvalue weighted by Crippen LogP contribution is -1.90. The van der Waals surface area contributed by atoms with Crippen molar-refractivity contribution in [1.29, 1.82) is 5.26 Å². The molecule has 50 valence electrons. The Morgan fingerprint density at radius 2 is 2.30 bits per heavy atom. The van der Waals surface area contributed by atoms with E-state index in [0.29, 0.717) is 5.56 Å². The van der Waals surface area contributed by atoms with E-state index in [1.165, 1.54) is 12.1 Å². The second-order valence-corrected chi connectivity index (χ2v) is 1.91. The quantitative estimate of drug-likeness (QED) is 0.505. The highest BCUT2D eigenvalue weighted by molar-refractivity contribution is 5.29. The van der Waals surface area contributed by atoms with Crippen molar-refractivity contribution in [2.45, 2.75) is 6.92 Å². The summed E-state index contributed by atoms with van der Waals surface area (Å²) in [7, 11) is 0. The molecule has 0 aliphatic rings. The third-order valence-corrected chi connectivity index (χ3v) is 1.17. The number of pyridine rings is 1. The van der Waals surface area contributed by atoms with Crippen molar-refractivity contribution in [2.24, 2.45) is 0 Å². The molecule has 0 bridgehead atoms. The number of aromatic nitrogens is 1. The van der Waals surface area contributed by atoms with Gasteiger partial charge in [0, 0.05) is 0 Å². The van der Waals surface area contributed by atoms with Gasteiger partial charge in [-0.25, -0.2) is 4.98 Å². The van der Waals surface area contributed by atoms with Crippen molar-refractivity contribution in [3.05, 3.63) is 29.3 Å². The zero-order valence-electron chi connectivity index (χ0n) is 5.43. The van der Waals surface area contributed by atoms with Crippen LogP contribution >= 0.6 is 0 Å². The van der Waals surface area contributed by atoms with Crippen molar-refractivity contribution in [1.82, 2.24) is 4.98 Å². The maximum atomic E-state index is 12.3. The van der Waals surface area contributed by atoms with Crippen molar-refractivity contribution in [2.75, 3.05) is 0 Å². The maximum absolute atomic E-state index is 12.3. The summed E-state index contributed by atoms with van der Waals surface area (Å²) >= 11 is 0. The fourth-order valence-corrected chi connectivity index (χ4v) is 0.618. The first-order valence-electron chi connectivity index (χ1n) is 2.77. The molecule has 0 aromatic carbocycles. The summed E-state index contributed by atoms with van der Waals surface area (Å²) in [5.74, 6) is -0.609. The molecule has 0 radical (unpaired) electrons. The topological polar surface area (TPSA) is 36.7 Å². The normalized spacial score (nSPS) is 8.90. The van der Waals surface area contributed by atoms with Crippen LogP contribution in [0.25, 0.3) is 0 Å². The summed E-state index contributed by atoms with van der Waals surface area (Å²) < 4.78 is 12.3. The van der Waals surface area contributed by atoms with Gasteiger partial charge in [0.15, 0.2) is 0 Å². The molecule has 0 atom stereocenters. The minimum atomic E-state index is -0.609. The Morgan fingerprint density at radius 1 is 1.60 bits per heavy atom. The van der Waals surface area contributed by atoms with Crippen molar-refractivity contribution < 1.29 is 4.39 Å². The highest BCUT2D eigenvalue weighted by Crippen LogP contribution is 2.02. The van der Waals surface area contributed by atoms with E-state index in [2.05, 4.69) is 4.98 Å². The Labute approximate surface area is 57.9 Å². The molecule has 1 heterocycles. The monoisotopic (exact) mass is 136 g/mol. The van der Waals surface area contributed by atoms with Gasteiger partial charge >= 0.3 is 0 Å². The molecule has 1 aromatic rings. The van der Waals surface area contributed by atoms with E-state index >= 15 is 0 Å². The Morgan fingerprint density at radius 3 is 2.80 bits per heavy atom. The minimum Gasteiger partial charge on any atom is -0.209 e. The summed E-state index contributed by atoms with van der Waals surface area (Å²) in [6.45, 7) is 1.71. The van der Waals surface area contributed by atoms with Crippen molar-refractivity contribution >= 4 is 0 Å². The molecule has 0 fully saturated rings. The molecule has 0 aliphatic carbocycles. The SMILES string of the molecule is Cc1ccc(F)nc1C#N. The summed E-state index contributed by atoms with van der Waals surface area (Å²) in [4.78, 5) is 3.36. The van der Waals surface area contributed by atoms with E-state index in [4.69, 9.17) is 5.26 Å². The molecule has 0 unspecified atom stereocenters. The molecular weight excluding hydrogens is 131 g/mol. The van der Waals surface area contributed by atoms with Crippen LogP contribution in [0.5, 0.6) is 0 Å². The lowest BCUT2D eigenvalue weighted by Gasteiger charge is -1.92. The van der Waals surface area contributed by atoms with Gasteiger partial charge in [-0.15, -0.1) is 0 Å². The third kappa shape index (κ3) is 1.11. The van der Waals surface area contributed by atoms with E-state index in [-0.39, 0.29) is 5.69 Å². The molecule has 3 heteroatoms. The molecule has 0 saturated carbocycles. The van der Waals surface area contributed by atoms with E-state index in [1.807, 2.05) is 0 Å². The average Bonchev–Trinajstić information content (AvgIpc) is 1.94. The van der Waals surface area contributed by atoms with Crippen LogP contribution in [0.3, 0.4) is 0 Å². The predicted molar refractivity (Wildman–Crippen MR) is 33.6 cm³/mol. The number of nitrogens with zero attached hydrogens (tertiary/aromatic N) is 2. The molecule has 0 amide bonds. The van der Waals surface area contributed by atoms with Crippen LogP contribution in [0.15, 0.2) is 12.1 Å². The lowest BCUT2D eigenvalue weighted by atomic mass is 10.2. The van der Waals surface area contributed by atoms with E-state index < -0.39 is 5.95 Å². The summed E-state index contributed by atoms with van der Waals surface area (Å²) in [6, 6.07) is 4.55. The van der Waals surface area contributed by atoms with Gasteiger partial charge in [-0.1, -0.05) is 6.07 Å². The number of halogens is 1. The highest BCUT2D eigenvalue weighted by Gasteiger charge is 1.98. The van der Waals surface area contributed by atoms with Crippen LogP contribution in [0, 0.1) is 24.2 Å². The lowest BCUT2D eigenvalue weighted by molar-refractivity contribution is 0.581. The predicted octanol–water partition coefficient (Wildman–Crippen LogP) is 1.40. The molecule has 0 N–H and O–H groups in total. The maximum Gasteiger partial charge on any atom is 0.214 e. The number of hydrogen-bond donors (Lipinski definition) is 0. The van der Waals surface area contributed by atoms with Crippen molar-refractivity contribution in [3.63, 3.8) is 0 Å². The molecule has 10 heavy (non-hydrogen) atoms. The second kappa shape index (κ2) is 2.44. The van der Waals surface area contributed by atoms with Gasteiger partial charge in [-0.05, 0) is 18.6 Å².